The van der Waals surface area contributed by atoms with E-state index in [1.807, 2.05) is 6.92 Å². The smallest absolute Gasteiger partial charge is 0.309 e. The van der Waals surface area contributed by atoms with Gasteiger partial charge < -0.3 is 5.11 Å². The van der Waals surface area contributed by atoms with E-state index in [4.69, 9.17) is 16.7 Å². The lowest BCUT2D eigenvalue weighted by molar-refractivity contribution is -0.136. The highest BCUT2D eigenvalue weighted by atomic mass is 35.5. The van der Waals surface area contributed by atoms with Crippen LogP contribution in [0, 0.1) is 6.92 Å². The maximum atomic E-state index is 12.0. The number of nitrogens with one attached hydrogen (secondary N) is 1. The van der Waals surface area contributed by atoms with Crippen molar-refractivity contribution >= 4 is 39.9 Å². The van der Waals surface area contributed by atoms with E-state index in [0.29, 0.717) is 21.4 Å². The van der Waals surface area contributed by atoms with Crippen LogP contribution >= 0.6 is 22.9 Å². The molecule has 0 unspecified atom stereocenters. The van der Waals surface area contributed by atoms with Gasteiger partial charge >= 0.3 is 5.97 Å². The lowest BCUT2D eigenvalue weighted by atomic mass is 10.1. The van der Waals surface area contributed by atoms with Gasteiger partial charge in [0.1, 0.15) is 0 Å². The molecule has 0 aliphatic carbocycles. The second-order valence-corrected chi connectivity index (χ2v) is 5.48. The molecule has 0 saturated carbocycles. The summed E-state index contributed by atoms with van der Waals surface area (Å²) in [4.78, 5) is 26.6. The number of aryl methyl sites for hydroxylation is 1. The average Bonchev–Trinajstić information content (AvgIpc) is 2.74. The van der Waals surface area contributed by atoms with Crippen LogP contribution in [0.15, 0.2) is 23.6 Å². The summed E-state index contributed by atoms with van der Waals surface area (Å²) in [5.74, 6) is -1.29. The molecule has 0 fully saturated rings. The topological polar surface area (TPSA) is 79.3 Å². The first-order valence-corrected chi connectivity index (χ1v) is 6.94. The van der Waals surface area contributed by atoms with E-state index in [1.54, 1.807) is 23.6 Å². The second-order valence-electron chi connectivity index (χ2n) is 4.19. The normalized spacial score (nSPS) is 10.3. The number of carbonyl (C=O) groups is 2. The number of halogens is 1. The lowest BCUT2D eigenvalue weighted by Gasteiger charge is -2.03. The predicted molar refractivity (Wildman–Crippen MR) is 77.6 cm³/mol. The number of hydrogen-bond donors (Lipinski definition) is 2. The molecule has 7 heteroatoms. The Morgan fingerprint density at radius 2 is 2.15 bits per heavy atom. The van der Waals surface area contributed by atoms with Crippen molar-refractivity contribution in [1.29, 1.82) is 0 Å². The highest BCUT2D eigenvalue weighted by molar-refractivity contribution is 7.14. The van der Waals surface area contributed by atoms with Gasteiger partial charge in [-0.15, -0.1) is 11.3 Å². The summed E-state index contributed by atoms with van der Waals surface area (Å²) in [6.07, 6.45) is -0.164. The van der Waals surface area contributed by atoms with Gasteiger partial charge in [-0.1, -0.05) is 11.6 Å². The van der Waals surface area contributed by atoms with Gasteiger partial charge in [-0.05, 0) is 30.7 Å². The predicted octanol–water partition coefficient (Wildman–Crippen LogP) is 2.98. The van der Waals surface area contributed by atoms with Crippen molar-refractivity contribution in [3.8, 4) is 0 Å². The quantitative estimate of drug-likeness (QED) is 0.910. The molecule has 5 nitrogen and oxygen atoms in total. The highest BCUT2D eigenvalue weighted by Crippen LogP contribution is 2.19. The summed E-state index contributed by atoms with van der Waals surface area (Å²) in [5, 5.41) is 13.7. The molecule has 0 bridgehead atoms. The van der Waals surface area contributed by atoms with Crippen molar-refractivity contribution in [1.82, 2.24) is 4.98 Å². The molecule has 2 N–H and O–H groups in total. The monoisotopic (exact) mass is 310 g/mol. The number of anilines is 1. The van der Waals surface area contributed by atoms with E-state index in [2.05, 4.69) is 10.3 Å². The number of aliphatic carboxylic acids is 1. The Bertz CT molecular complexity index is 649. The molecular formula is C13H11ClN2O3S. The molecule has 1 amide bonds. The highest BCUT2D eigenvalue weighted by Gasteiger charge is 2.11. The van der Waals surface area contributed by atoms with Crippen LogP contribution in [0.3, 0.4) is 0 Å². The fourth-order valence-electron chi connectivity index (χ4n) is 1.64. The van der Waals surface area contributed by atoms with Crippen molar-refractivity contribution in [3.63, 3.8) is 0 Å². The lowest BCUT2D eigenvalue weighted by Crippen LogP contribution is -2.12. The van der Waals surface area contributed by atoms with E-state index >= 15 is 0 Å². The molecule has 0 radical (unpaired) electrons. The van der Waals surface area contributed by atoms with Crippen LogP contribution in [-0.4, -0.2) is 22.0 Å². The van der Waals surface area contributed by atoms with Crippen LogP contribution in [0.1, 0.15) is 21.6 Å². The molecule has 0 saturated heterocycles. The second kappa shape index (κ2) is 6.02. The van der Waals surface area contributed by atoms with Crippen LogP contribution in [0.4, 0.5) is 5.13 Å². The maximum Gasteiger partial charge on any atom is 0.309 e. The standard InChI is InChI=1S/C13H11ClN2O3S/c1-7-2-8(4-9(14)3-7)12(19)16-13-15-10(6-20-13)5-11(17)18/h2-4,6H,5H2,1H3,(H,17,18)(H,15,16,19). The first kappa shape index (κ1) is 14.5. The molecule has 1 aromatic carbocycles. The minimum Gasteiger partial charge on any atom is -0.481 e. The van der Waals surface area contributed by atoms with E-state index in [9.17, 15) is 9.59 Å². The van der Waals surface area contributed by atoms with Gasteiger partial charge in [0.2, 0.25) is 0 Å². The average molecular weight is 311 g/mol. The first-order chi connectivity index (χ1) is 9.44. The summed E-state index contributed by atoms with van der Waals surface area (Å²) in [7, 11) is 0. The van der Waals surface area contributed by atoms with Crippen LogP contribution in [0.2, 0.25) is 5.02 Å². The Hall–Kier alpha value is -1.92. The number of hydrogen-bond acceptors (Lipinski definition) is 4. The number of carboxylic acid groups (broad SMARTS) is 1. The molecule has 1 aromatic heterocycles. The summed E-state index contributed by atoms with van der Waals surface area (Å²) >= 11 is 7.08. The fraction of sp³-hybridized carbons (Fsp3) is 0.154. The molecule has 2 aromatic rings. The summed E-state index contributed by atoms with van der Waals surface area (Å²) < 4.78 is 0. The largest absolute Gasteiger partial charge is 0.481 e. The molecule has 2 rings (SSSR count). The third-order valence-electron chi connectivity index (χ3n) is 2.41. The summed E-state index contributed by atoms with van der Waals surface area (Å²) in [6.45, 7) is 1.84. The molecule has 0 aliphatic rings. The van der Waals surface area contributed by atoms with Gasteiger partial charge in [0.25, 0.3) is 5.91 Å². The first-order valence-electron chi connectivity index (χ1n) is 5.69. The number of aromatic nitrogens is 1. The third kappa shape index (κ3) is 3.79. The van der Waals surface area contributed by atoms with Crippen LogP contribution in [0.25, 0.3) is 0 Å². The number of carbonyl (C=O) groups excluding carboxylic acids is 1. The number of thiazole rings is 1. The van der Waals surface area contributed by atoms with Gasteiger partial charge in [0.05, 0.1) is 12.1 Å². The fourth-order valence-corrected chi connectivity index (χ4v) is 2.63. The van der Waals surface area contributed by atoms with Crippen molar-refractivity contribution in [3.05, 3.63) is 45.4 Å². The van der Waals surface area contributed by atoms with E-state index in [-0.39, 0.29) is 12.3 Å². The van der Waals surface area contributed by atoms with Crippen molar-refractivity contribution in [2.45, 2.75) is 13.3 Å². The van der Waals surface area contributed by atoms with Gasteiger partial charge in [0, 0.05) is 16.0 Å². The van der Waals surface area contributed by atoms with Crippen molar-refractivity contribution in [2.75, 3.05) is 5.32 Å². The van der Waals surface area contributed by atoms with Gasteiger partial charge in [-0.2, -0.15) is 0 Å². The van der Waals surface area contributed by atoms with E-state index in [0.717, 1.165) is 5.56 Å². The Morgan fingerprint density at radius 1 is 1.40 bits per heavy atom. The molecule has 0 aliphatic heterocycles. The van der Waals surface area contributed by atoms with E-state index in [1.165, 1.54) is 11.3 Å². The zero-order valence-electron chi connectivity index (χ0n) is 10.5. The Balaban J connectivity index is 2.11. The third-order valence-corrected chi connectivity index (χ3v) is 3.43. The Morgan fingerprint density at radius 3 is 2.80 bits per heavy atom. The zero-order chi connectivity index (χ0) is 14.7. The van der Waals surface area contributed by atoms with Gasteiger partial charge in [0.15, 0.2) is 5.13 Å². The molecular weight excluding hydrogens is 300 g/mol. The number of carboxylic acids is 1. The van der Waals surface area contributed by atoms with Gasteiger partial charge in [-0.25, -0.2) is 4.98 Å². The maximum absolute atomic E-state index is 12.0. The Kier molecular flexibility index (Phi) is 4.36. The zero-order valence-corrected chi connectivity index (χ0v) is 12.1. The molecule has 0 spiro atoms. The number of rotatable bonds is 4. The van der Waals surface area contributed by atoms with Crippen molar-refractivity contribution < 1.29 is 14.7 Å². The number of nitrogens with zero attached hydrogens (tertiary/aromatic N) is 1. The number of amides is 1. The van der Waals surface area contributed by atoms with E-state index < -0.39 is 5.97 Å². The summed E-state index contributed by atoms with van der Waals surface area (Å²) in [5.41, 5.74) is 1.73. The van der Waals surface area contributed by atoms with Crippen LogP contribution < -0.4 is 5.32 Å². The molecule has 1 heterocycles. The van der Waals surface area contributed by atoms with Crippen molar-refractivity contribution in [2.24, 2.45) is 0 Å². The molecule has 20 heavy (non-hydrogen) atoms. The SMILES string of the molecule is Cc1cc(Cl)cc(C(=O)Nc2nc(CC(=O)O)cs2)c1. The van der Waals surface area contributed by atoms with Crippen LogP contribution in [-0.2, 0) is 11.2 Å². The van der Waals surface area contributed by atoms with Gasteiger partial charge in [-0.3, -0.25) is 14.9 Å². The molecule has 104 valence electrons. The minimum absolute atomic E-state index is 0.164. The van der Waals surface area contributed by atoms with Crippen LogP contribution in [0.5, 0.6) is 0 Å². The summed E-state index contributed by atoms with van der Waals surface area (Å²) in [6, 6.07) is 5.04. The Labute approximate surface area is 124 Å². The number of benzene rings is 1. The minimum atomic E-state index is -0.960. The molecule has 0 atom stereocenters.